The molecule has 32 heavy (non-hydrogen) atoms. The first-order valence-electron chi connectivity index (χ1n) is 10.9. The van der Waals surface area contributed by atoms with Gasteiger partial charge in [0.1, 0.15) is 23.4 Å². The first kappa shape index (κ1) is 25.9. The van der Waals surface area contributed by atoms with Crippen LogP contribution in [0.15, 0.2) is 11.6 Å². The number of halogens is 1. The smallest absolute Gasteiger partial charge is 0.303 e. The van der Waals surface area contributed by atoms with E-state index in [9.17, 15) is 24.6 Å². The van der Waals surface area contributed by atoms with E-state index in [1.807, 2.05) is 13.8 Å². The van der Waals surface area contributed by atoms with Gasteiger partial charge in [-0.05, 0) is 55.6 Å². The topological polar surface area (TPSA) is 101 Å². The molecule has 0 unspecified atom stereocenters. The lowest BCUT2D eigenvalue weighted by molar-refractivity contribution is -0.148. The Kier molecular flexibility index (Phi) is 8.16. The molecular weight excluding hydrogens is 432 g/mol. The van der Waals surface area contributed by atoms with Crippen molar-refractivity contribution in [3.8, 4) is 11.5 Å². The van der Waals surface area contributed by atoms with E-state index < -0.39 is 12.1 Å². The summed E-state index contributed by atoms with van der Waals surface area (Å²) in [5, 5.41) is 20.9. The predicted molar refractivity (Wildman–Crippen MR) is 123 cm³/mol. The lowest BCUT2D eigenvalue weighted by Crippen LogP contribution is -2.44. The third-order valence-electron chi connectivity index (χ3n) is 7.38. The molecule has 2 N–H and O–H groups in total. The van der Waals surface area contributed by atoms with Crippen LogP contribution in [-0.2, 0) is 20.7 Å². The van der Waals surface area contributed by atoms with Gasteiger partial charge in [-0.15, -0.1) is 0 Å². The molecule has 1 aromatic carbocycles. The third-order valence-corrected chi connectivity index (χ3v) is 7.84. The van der Waals surface area contributed by atoms with E-state index in [1.165, 1.54) is 6.92 Å². The van der Waals surface area contributed by atoms with Crippen LogP contribution in [0.5, 0.6) is 11.5 Å². The van der Waals surface area contributed by atoms with E-state index in [-0.39, 0.29) is 57.1 Å². The normalized spacial score (nSPS) is 24.8. The molecule has 0 spiro atoms. The van der Waals surface area contributed by atoms with E-state index in [4.69, 9.17) is 16.3 Å². The van der Waals surface area contributed by atoms with Crippen LogP contribution in [0.2, 0.25) is 5.02 Å². The van der Waals surface area contributed by atoms with Crippen LogP contribution < -0.4 is 0 Å². The lowest BCUT2D eigenvalue weighted by atomic mass is 9.59. The fourth-order valence-corrected chi connectivity index (χ4v) is 4.80. The maximum Gasteiger partial charge on any atom is 0.303 e. The van der Waals surface area contributed by atoms with Crippen molar-refractivity contribution < 1.29 is 29.3 Å². The van der Waals surface area contributed by atoms with Gasteiger partial charge in [0.15, 0.2) is 6.29 Å². The molecule has 0 saturated heterocycles. The van der Waals surface area contributed by atoms with Gasteiger partial charge in [0.25, 0.3) is 0 Å². The Morgan fingerprint density at radius 3 is 2.47 bits per heavy atom. The molecule has 1 saturated carbocycles. The summed E-state index contributed by atoms with van der Waals surface area (Å²) in [5.74, 6) is -0.691. The van der Waals surface area contributed by atoms with Crippen molar-refractivity contribution in [1.82, 2.24) is 0 Å². The van der Waals surface area contributed by atoms with Crippen molar-refractivity contribution in [2.45, 2.75) is 73.3 Å². The molecule has 0 bridgehead atoms. The van der Waals surface area contributed by atoms with Gasteiger partial charge in [-0.3, -0.25) is 14.4 Å². The molecule has 0 amide bonds. The summed E-state index contributed by atoms with van der Waals surface area (Å²) in [7, 11) is 0. The summed E-state index contributed by atoms with van der Waals surface area (Å²) in [5.41, 5.74) is 0.844. The first-order valence-corrected chi connectivity index (χ1v) is 11.3. The van der Waals surface area contributed by atoms with Crippen LogP contribution in [0.25, 0.3) is 0 Å². The fourth-order valence-electron chi connectivity index (χ4n) is 4.59. The Morgan fingerprint density at radius 2 is 1.91 bits per heavy atom. The van der Waals surface area contributed by atoms with Gasteiger partial charge >= 0.3 is 5.97 Å². The van der Waals surface area contributed by atoms with Crippen molar-refractivity contribution >= 4 is 29.6 Å². The molecule has 0 aliphatic heterocycles. The number of hydrogen-bond acceptors (Lipinski definition) is 6. The summed E-state index contributed by atoms with van der Waals surface area (Å²) < 4.78 is 5.62. The number of allylic oxidation sites excluding steroid dienone is 1. The fraction of sp³-hybridized carbons (Fsp3) is 0.560. The number of phenolic OH excluding ortho intramolecular Hbond substituents is 2. The SMILES string of the molecule is CC(=O)O[C@H](C[C@@]1(C)[C@H](C)CCC(=O)[C@H]1C)/C(C)=C/Cc1c(O)c(Cl)c(C)c(C=O)c1O. The summed E-state index contributed by atoms with van der Waals surface area (Å²) in [6, 6.07) is 0. The minimum absolute atomic E-state index is 0.0124. The molecule has 0 aromatic heterocycles. The average molecular weight is 465 g/mol. The van der Waals surface area contributed by atoms with Crippen LogP contribution in [-0.4, -0.2) is 34.4 Å². The largest absolute Gasteiger partial charge is 0.507 e. The Hall–Kier alpha value is -2.34. The standard InChI is InChI=1S/C25H33ClO6/c1-13(7-9-18-23(30)19(12-27)15(3)22(26)24(18)31)21(32-17(5)28)11-25(6)14(2)8-10-20(29)16(25)4/h7,12,14,16,21,30-31H,8-11H2,1-6H3/b13-7+/t14-,16-,21-,25+/m1/s1. The third kappa shape index (κ3) is 5.01. The Balaban J connectivity index is 2.39. The molecule has 2 rings (SSSR count). The highest BCUT2D eigenvalue weighted by molar-refractivity contribution is 6.33. The van der Waals surface area contributed by atoms with Crippen molar-refractivity contribution in [2.75, 3.05) is 0 Å². The van der Waals surface area contributed by atoms with Crippen LogP contribution in [0.3, 0.4) is 0 Å². The van der Waals surface area contributed by atoms with Crippen molar-refractivity contribution in [3.05, 3.63) is 33.4 Å². The number of hydrogen-bond donors (Lipinski definition) is 2. The maximum atomic E-state index is 12.4. The molecule has 7 heteroatoms. The van der Waals surface area contributed by atoms with Gasteiger partial charge in [-0.25, -0.2) is 0 Å². The Bertz CT molecular complexity index is 950. The van der Waals surface area contributed by atoms with Crippen molar-refractivity contribution in [2.24, 2.45) is 17.3 Å². The van der Waals surface area contributed by atoms with Gasteiger partial charge < -0.3 is 14.9 Å². The number of ether oxygens (including phenoxy) is 1. The number of phenols is 2. The van der Waals surface area contributed by atoms with Crippen LogP contribution in [0.4, 0.5) is 0 Å². The van der Waals surface area contributed by atoms with E-state index in [0.29, 0.717) is 24.7 Å². The highest BCUT2D eigenvalue weighted by Crippen LogP contribution is 2.48. The molecule has 1 aliphatic carbocycles. The summed E-state index contributed by atoms with van der Waals surface area (Å²) in [6.45, 7) is 10.8. The maximum absolute atomic E-state index is 12.4. The zero-order valence-electron chi connectivity index (χ0n) is 19.6. The number of benzene rings is 1. The highest BCUT2D eigenvalue weighted by atomic mass is 35.5. The molecule has 1 aliphatic rings. The lowest BCUT2D eigenvalue weighted by Gasteiger charge is -2.45. The molecule has 1 fully saturated rings. The number of carbonyl (C=O) groups is 3. The predicted octanol–water partition coefficient (Wildman–Crippen LogP) is 5.32. The Labute approximate surface area is 194 Å². The van der Waals surface area contributed by atoms with Crippen LogP contribution >= 0.6 is 11.6 Å². The van der Waals surface area contributed by atoms with E-state index in [1.54, 1.807) is 13.0 Å². The second-order valence-electron chi connectivity index (χ2n) is 9.23. The number of carbonyl (C=O) groups excluding carboxylic acids is 3. The number of aromatic hydroxyl groups is 2. The van der Waals surface area contributed by atoms with Gasteiger partial charge in [0.05, 0.1) is 10.6 Å². The molecular formula is C25H33ClO6. The van der Waals surface area contributed by atoms with Crippen molar-refractivity contribution in [1.29, 1.82) is 0 Å². The molecule has 6 nitrogen and oxygen atoms in total. The van der Waals surface area contributed by atoms with E-state index in [0.717, 1.165) is 12.0 Å². The van der Waals surface area contributed by atoms with Crippen LogP contribution in [0.1, 0.15) is 75.4 Å². The molecule has 0 radical (unpaired) electrons. The second kappa shape index (κ2) is 10.1. The van der Waals surface area contributed by atoms with Crippen molar-refractivity contribution in [3.63, 3.8) is 0 Å². The number of ketones is 1. The molecule has 176 valence electrons. The number of rotatable bonds is 7. The van der Waals surface area contributed by atoms with Gasteiger partial charge in [-0.1, -0.05) is 38.4 Å². The molecule has 1 aromatic rings. The number of aldehydes is 1. The summed E-state index contributed by atoms with van der Waals surface area (Å²) in [4.78, 5) is 35.6. The van der Waals surface area contributed by atoms with E-state index >= 15 is 0 Å². The zero-order valence-corrected chi connectivity index (χ0v) is 20.4. The highest BCUT2D eigenvalue weighted by Gasteiger charge is 2.45. The first-order chi connectivity index (χ1) is 14.8. The average Bonchev–Trinajstić information content (AvgIpc) is 2.73. The number of esters is 1. The van der Waals surface area contributed by atoms with Gasteiger partial charge in [-0.2, -0.15) is 0 Å². The van der Waals surface area contributed by atoms with Gasteiger partial charge in [0.2, 0.25) is 0 Å². The monoisotopic (exact) mass is 464 g/mol. The summed E-state index contributed by atoms with van der Waals surface area (Å²) >= 11 is 6.14. The van der Waals surface area contributed by atoms with E-state index in [2.05, 4.69) is 13.8 Å². The Morgan fingerprint density at radius 1 is 1.28 bits per heavy atom. The minimum Gasteiger partial charge on any atom is -0.507 e. The molecule has 0 heterocycles. The van der Waals surface area contributed by atoms with Crippen LogP contribution in [0, 0.1) is 24.2 Å². The zero-order chi connectivity index (χ0) is 24.4. The molecule has 4 atom stereocenters. The second-order valence-corrected chi connectivity index (χ2v) is 9.61. The quantitative estimate of drug-likeness (QED) is 0.321. The minimum atomic E-state index is -0.566. The summed E-state index contributed by atoms with van der Waals surface area (Å²) in [6.07, 6.45) is 3.61. The van der Waals surface area contributed by atoms with Gasteiger partial charge in [0, 0.05) is 24.8 Å². The number of Topliss-reactive ketones (excluding diaryl/α,β-unsaturated/α-hetero) is 1.